The van der Waals surface area contributed by atoms with Gasteiger partial charge in [-0.15, -0.1) is 0 Å². The van der Waals surface area contributed by atoms with Crippen LogP contribution in [0.1, 0.15) is 54.9 Å². The normalized spacial score (nSPS) is 15.0. The van der Waals surface area contributed by atoms with Crippen molar-refractivity contribution in [2.24, 2.45) is 5.92 Å². The molecule has 1 aromatic carbocycles. The lowest BCUT2D eigenvalue weighted by atomic mass is 10.0. The van der Waals surface area contributed by atoms with Crippen molar-refractivity contribution in [1.82, 2.24) is 14.8 Å². The number of pyridine rings is 1. The van der Waals surface area contributed by atoms with Crippen molar-refractivity contribution >= 4 is 29.1 Å². The zero-order chi connectivity index (χ0) is 24.9. The molecule has 1 aliphatic heterocycles. The number of hydrogen-bond donors (Lipinski definition) is 0. The Kier molecular flexibility index (Phi) is 8.53. The number of amides is 1. The van der Waals surface area contributed by atoms with Gasteiger partial charge in [0.15, 0.2) is 0 Å². The molecule has 0 bridgehead atoms. The zero-order valence-electron chi connectivity index (χ0n) is 20.6. The zero-order valence-corrected chi connectivity index (χ0v) is 22.1. The average Bonchev–Trinajstić information content (AvgIpc) is 3.32. The quantitative estimate of drug-likeness (QED) is 0.322. The molecular weight excluding hydrogens is 481 g/mol. The van der Waals surface area contributed by atoms with E-state index in [0.717, 1.165) is 49.4 Å². The molecule has 186 valence electrons. The van der Waals surface area contributed by atoms with E-state index in [1.165, 1.54) is 6.42 Å². The molecular formula is C28H33Cl2N3O2. The fourth-order valence-corrected chi connectivity index (χ4v) is 4.74. The van der Waals surface area contributed by atoms with Gasteiger partial charge in [0.2, 0.25) is 0 Å². The first-order valence-electron chi connectivity index (χ1n) is 12.3. The van der Waals surface area contributed by atoms with Crippen LogP contribution in [0.25, 0.3) is 11.3 Å². The third kappa shape index (κ3) is 6.66. The summed E-state index contributed by atoms with van der Waals surface area (Å²) in [5.41, 5.74) is 2.35. The van der Waals surface area contributed by atoms with Crippen molar-refractivity contribution in [2.45, 2.75) is 52.6 Å². The van der Waals surface area contributed by atoms with E-state index in [0.29, 0.717) is 34.0 Å². The number of halogens is 2. The van der Waals surface area contributed by atoms with Gasteiger partial charge in [0, 0.05) is 30.9 Å². The molecule has 35 heavy (non-hydrogen) atoms. The summed E-state index contributed by atoms with van der Waals surface area (Å²) in [6.45, 7) is 9.99. The number of carbonyl (C=O) groups excluding carboxylic acids is 1. The van der Waals surface area contributed by atoms with Crippen molar-refractivity contribution in [3.05, 3.63) is 75.7 Å². The van der Waals surface area contributed by atoms with Gasteiger partial charge in [-0.05, 0) is 80.6 Å². The molecule has 0 unspecified atom stereocenters. The SMILES string of the molecule is Cc1ccc(C(=O)N(Cc2ccc(-c3ccc(Cl)c(Cl)c3)o2)C2CCN(CCC(C)C)CC2)nc1. The summed E-state index contributed by atoms with van der Waals surface area (Å²) in [7, 11) is 0. The van der Waals surface area contributed by atoms with Crippen molar-refractivity contribution in [1.29, 1.82) is 0 Å². The molecule has 0 spiro atoms. The average molecular weight is 514 g/mol. The highest BCUT2D eigenvalue weighted by molar-refractivity contribution is 6.42. The van der Waals surface area contributed by atoms with Gasteiger partial charge in [-0.1, -0.05) is 43.1 Å². The minimum atomic E-state index is -0.0573. The van der Waals surface area contributed by atoms with E-state index in [4.69, 9.17) is 27.6 Å². The van der Waals surface area contributed by atoms with E-state index in [9.17, 15) is 4.79 Å². The van der Waals surface area contributed by atoms with E-state index in [1.54, 1.807) is 18.3 Å². The van der Waals surface area contributed by atoms with Crippen LogP contribution in [0.2, 0.25) is 10.0 Å². The number of carbonyl (C=O) groups is 1. The first-order chi connectivity index (χ1) is 16.8. The summed E-state index contributed by atoms with van der Waals surface area (Å²) in [6.07, 6.45) is 4.83. The van der Waals surface area contributed by atoms with Crippen LogP contribution in [0, 0.1) is 12.8 Å². The lowest BCUT2D eigenvalue weighted by molar-refractivity contribution is 0.0522. The van der Waals surface area contributed by atoms with Crippen LogP contribution in [0.4, 0.5) is 0 Å². The molecule has 1 aliphatic rings. The number of benzene rings is 1. The highest BCUT2D eigenvalue weighted by Gasteiger charge is 2.30. The highest BCUT2D eigenvalue weighted by Crippen LogP contribution is 2.30. The summed E-state index contributed by atoms with van der Waals surface area (Å²) >= 11 is 12.3. The number of nitrogens with zero attached hydrogens (tertiary/aromatic N) is 3. The number of hydrogen-bond acceptors (Lipinski definition) is 4. The Morgan fingerprint density at radius 3 is 2.54 bits per heavy atom. The second-order valence-electron chi connectivity index (χ2n) is 9.80. The van der Waals surface area contributed by atoms with E-state index in [2.05, 4.69) is 23.7 Å². The van der Waals surface area contributed by atoms with Gasteiger partial charge >= 0.3 is 0 Å². The van der Waals surface area contributed by atoms with E-state index >= 15 is 0 Å². The van der Waals surface area contributed by atoms with Crippen LogP contribution < -0.4 is 0 Å². The highest BCUT2D eigenvalue weighted by atomic mass is 35.5. The van der Waals surface area contributed by atoms with E-state index in [-0.39, 0.29) is 11.9 Å². The number of rotatable bonds is 8. The van der Waals surface area contributed by atoms with Crippen LogP contribution in [-0.4, -0.2) is 46.4 Å². The fourth-order valence-electron chi connectivity index (χ4n) is 4.44. The molecule has 0 saturated carbocycles. The molecule has 0 atom stereocenters. The largest absolute Gasteiger partial charge is 0.459 e. The molecule has 7 heteroatoms. The molecule has 1 saturated heterocycles. The number of piperidine rings is 1. The Bertz CT molecular complexity index is 1140. The predicted octanol–water partition coefficient (Wildman–Crippen LogP) is 7.11. The van der Waals surface area contributed by atoms with Gasteiger partial charge in [0.25, 0.3) is 5.91 Å². The second kappa shape index (κ2) is 11.6. The van der Waals surface area contributed by atoms with E-state index in [1.807, 2.05) is 42.2 Å². The molecule has 4 rings (SSSR count). The summed E-state index contributed by atoms with van der Waals surface area (Å²) < 4.78 is 6.15. The Labute approximate surface area is 218 Å². The van der Waals surface area contributed by atoms with E-state index < -0.39 is 0 Å². The maximum Gasteiger partial charge on any atom is 0.273 e. The van der Waals surface area contributed by atoms with Crippen molar-refractivity contribution < 1.29 is 9.21 Å². The number of aryl methyl sites for hydroxylation is 1. The molecule has 1 amide bonds. The first kappa shape index (κ1) is 25.7. The Balaban J connectivity index is 1.52. The number of furan rings is 1. The second-order valence-corrected chi connectivity index (χ2v) is 10.6. The van der Waals surface area contributed by atoms with Crippen LogP contribution in [-0.2, 0) is 6.54 Å². The summed E-state index contributed by atoms with van der Waals surface area (Å²) in [5, 5.41) is 0.984. The molecule has 5 nitrogen and oxygen atoms in total. The third-order valence-electron chi connectivity index (χ3n) is 6.60. The maximum atomic E-state index is 13.6. The van der Waals surface area contributed by atoms with Crippen molar-refractivity contribution in [2.75, 3.05) is 19.6 Å². The predicted molar refractivity (Wildman–Crippen MR) is 142 cm³/mol. The lowest BCUT2D eigenvalue weighted by Crippen LogP contribution is -2.47. The minimum Gasteiger partial charge on any atom is -0.459 e. The van der Waals surface area contributed by atoms with Gasteiger partial charge < -0.3 is 14.2 Å². The van der Waals surface area contributed by atoms with Crippen LogP contribution in [0.3, 0.4) is 0 Å². The fraction of sp³-hybridized carbons (Fsp3) is 0.429. The van der Waals surface area contributed by atoms with Crippen LogP contribution >= 0.6 is 23.2 Å². The Hall–Kier alpha value is -2.34. The standard InChI is InChI=1S/C28H33Cl2N3O2/c1-19(2)10-13-32-14-11-22(12-15-32)33(28(34)26-8-4-20(3)17-31-26)18-23-6-9-27(35-23)21-5-7-24(29)25(30)16-21/h4-9,16-17,19,22H,10-15,18H2,1-3H3. The smallest absolute Gasteiger partial charge is 0.273 e. The topological polar surface area (TPSA) is 49.6 Å². The van der Waals surface area contributed by atoms with Crippen molar-refractivity contribution in [3.63, 3.8) is 0 Å². The molecule has 3 heterocycles. The number of aromatic nitrogens is 1. The van der Waals surface area contributed by atoms with Gasteiger partial charge in [-0.25, -0.2) is 0 Å². The first-order valence-corrected chi connectivity index (χ1v) is 13.1. The van der Waals surface area contributed by atoms with Gasteiger partial charge in [0.1, 0.15) is 17.2 Å². The molecule has 0 N–H and O–H groups in total. The van der Waals surface area contributed by atoms with Gasteiger partial charge in [-0.3, -0.25) is 9.78 Å². The summed E-state index contributed by atoms with van der Waals surface area (Å²) in [5.74, 6) is 2.07. The van der Waals surface area contributed by atoms with Gasteiger partial charge in [0.05, 0.1) is 16.6 Å². The lowest BCUT2D eigenvalue weighted by Gasteiger charge is -2.38. The minimum absolute atomic E-state index is 0.0573. The van der Waals surface area contributed by atoms with Crippen molar-refractivity contribution in [3.8, 4) is 11.3 Å². The molecule has 2 aromatic heterocycles. The number of likely N-dealkylation sites (tertiary alicyclic amines) is 1. The molecule has 3 aromatic rings. The molecule has 0 radical (unpaired) electrons. The van der Waals surface area contributed by atoms with Gasteiger partial charge in [-0.2, -0.15) is 0 Å². The Morgan fingerprint density at radius 1 is 1.11 bits per heavy atom. The monoisotopic (exact) mass is 513 g/mol. The van der Waals surface area contributed by atoms with Crippen LogP contribution in [0.5, 0.6) is 0 Å². The molecule has 1 fully saturated rings. The molecule has 0 aliphatic carbocycles. The third-order valence-corrected chi connectivity index (χ3v) is 7.34. The maximum absolute atomic E-state index is 13.6. The van der Waals surface area contributed by atoms with Crippen LogP contribution in [0.15, 0.2) is 53.1 Å². The summed E-state index contributed by atoms with van der Waals surface area (Å²) in [6, 6.07) is 13.1. The Morgan fingerprint density at radius 2 is 1.89 bits per heavy atom. The summed E-state index contributed by atoms with van der Waals surface area (Å²) in [4.78, 5) is 22.5.